The number of hydrogen-bond acceptors (Lipinski definition) is 2. The van der Waals surface area contributed by atoms with E-state index in [0.717, 1.165) is 0 Å². The predicted molar refractivity (Wildman–Crippen MR) is 245 cm³/mol. The summed E-state index contributed by atoms with van der Waals surface area (Å²) in [5.74, 6) is 0. The van der Waals surface area contributed by atoms with Crippen molar-refractivity contribution >= 4 is 65.8 Å². The summed E-state index contributed by atoms with van der Waals surface area (Å²) in [6.07, 6.45) is 0. The molecule has 0 aliphatic heterocycles. The van der Waals surface area contributed by atoms with Crippen LogP contribution in [0, 0.1) is 0 Å². The maximum absolute atomic E-state index is 2.45. The summed E-state index contributed by atoms with van der Waals surface area (Å²) in [7, 11) is 0. The molecule has 0 amide bonds. The molecule has 0 nitrogen and oxygen atoms in total. The second-order valence-electron chi connectivity index (χ2n) is 14.4. The van der Waals surface area contributed by atoms with E-state index >= 15 is 0 Å². The number of benzene rings is 9. The smallest absolute Gasteiger partial charge is 0.0348 e. The predicted octanol–water partition coefficient (Wildman–Crippen LogP) is 16.4. The van der Waals surface area contributed by atoms with Crippen molar-refractivity contribution in [3.63, 3.8) is 0 Å². The van der Waals surface area contributed by atoms with Crippen LogP contribution < -0.4 is 0 Å². The van der Waals surface area contributed by atoms with Gasteiger partial charge in [-0.15, -0.1) is 22.7 Å². The lowest BCUT2D eigenvalue weighted by Gasteiger charge is -2.20. The first-order chi connectivity index (χ1) is 27.8. The molecule has 0 bridgehead atoms. The lowest BCUT2D eigenvalue weighted by atomic mass is 9.83. The fraction of sp³-hybridized carbons (Fsp3) is 0. The van der Waals surface area contributed by atoms with Crippen molar-refractivity contribution < 1.29 is 0 Å². The summed E-state index contributed by atoms with van der Waals surface area (Å²) < 4.78 is 0. The van der Waals surface area contributed by atoms with Crippen LogP contribution in [0.15, 0.2) is 205 Å². The lowest BCUT2D eigenvalue weighted by Crippen LogP contribution is -1.93. The van der Waals surface area contributed by atoms with E-state index in [9.17, 15) is 0 Å². The van der Waals surface area contributed by atoms with E-state index in [-0.39, 0.29) is 0 Å². The second kappa shape index (κ2) is 13.6. The van der Waals surface area contributed by atoms with Gasteiger partial charge in [-0.3, -0.25) is 0 Å². The monoisotopic (exact) mass is 746 g/mol. The molecule has 0 aliphatic carbocycles. The van der Waals surface area contributed by atoms with Gasteiger partial charge in [-0.05, 0) is 134 Å². The summed E-state index contributed by atoms with van der Waals surface area (Å²) in [4.78, 5) is 2.59. The van der Waals surface area contributed by atoms with E-state index in [1.54, 1.807) is 22.7 Å². The summed E-state index contributed by atoms with van der Waals surface area (Å²) in [6.45, 7) is 0. The van der Waals surface area contributed by atoms with Gasteiger partial charge in [-0.25, -0.2) is 0 Å². The molecular formula is C54H34S2. The third kappa shape index (κ3) is 5.41. The topological polar surface area (TPSA) is 0 Å². The Bertz CT molecular complexity index is 3030. The zero-order chi connectivity index (χ0) is 37.0. The van der Waals surface area contributed by atoms with Crippen LogP contribution in [-0.4, -0.2) is 0 Å². The van der Waals surface area contributed by atoms with E-state index in [1.807, 2.05) is 0 Å². The average Bonchev–Trinajstić information content (AvgIpc) is 4.01. The molecule has 9 aromatic carbocycles. The highest BCUT2D eigenvalue weighted by Gasteiger charge is 2.20. The molecular weight excluding hydrogens is 713 g/mol. The van der Waals surface area contributed by atoms with Crippen LogP contribution >= 0.6 is 22.7 Å². The molecule has 11 aromatic rings. The summed E-state index contributed by atoms with van der Waals surface area (Å²) >= 11 is 3.59. The SMILES string of the molecule is c1ccc(-c2c3ccc(-c4ccc(-c5cccs5)c5ccccc45)cc3c(-c3ccccc3)c3cc(-c4ccc(-c5cccs5)c5ccccc45)ccc23)cc1. The van der Waals surface area contributed by atoms with Gasteiger partial charge in [0, 0.05) is 9.75 Å². The van der Waals surface area contributed by atoms with Gasteiger partial charge in [0.2, 0.25) is 0 Å². The molecule has 2 heterocycles. The number of rotatable bonds is 6. The number of hydrogen-bond donors (Lipinski definition) is 0. The minimum Gasteiger partial charge on any atom is -0.144 e. The Morgan fingerprint density at radius 1 is 0.232 bits per heavy atom. The van der Waals surface area contributed by atoms with Crippen LogP contribution in [0.1, 0.15) is 0 Å². The van der Waals surface area contributed by atoms with E-state index in [4.69, 9.17) is 0 Å². The third-order valence-corrected chi connectivity index (χ3v) is 13.1. The van der Waals surface area contributed by atoms with E-state index in [1.165, 1.54) is 108 Å². The molecule has 11 rings (SSSR count). The minimum absolute atomic E-state index is 1.22. The molecule has 0 atom stereocenters. The molecule has 0 saturated carbocycles. The molecule has 0 radical (unpaired) electrons. The van der Waals surface area contributed by atoms with Crippen molar-refractivity contribution in [2.45, 2.75) is 0 Å². The normalized spacial score (nSPS) is 11.6. The lowest BCUT2D eigenvalue weighted by molar-refractivity contribution is 1.63. The standard InChI is InChI=1S/C54H34S2/c1-3-13-35(14-4-1)53-47-25-23-37(39-27-29-45(51-21-11-31-55-51)43-19-9-7-17-41(39)43)33-49(47)54(36-15-5-2-6-16-36)50-34-38(24-26-48(50)53)40-28-30-46(52-22-12-32-56-52)44-20-10-8-18-42(40)44/h1-34H. The molecule has 0 spiro atoms. The molecule has 0 unspecified atom stereocenters. The van der Waals surface area contributed by atoms with E-state index in [2.05, 4.69) is 205 Å². The fourth-order valence-corrected chi connectivity index (χ4v) is 10.3. The number of thiophene rings is 2. The van der Waals surface area contributed by atoms with Gasteiger partial charge in [0.15, 0.2) is 0 Å². The molecule has 0 saturated heterocycles. The molecule has 262 valence electrons. The van der Waals surface area contributed by atoms with Crippen molar-refractivity contribution in [2.75, 3.05) is 0 Å². The van der Waals surface area contributed by atoms with Gasteiger partial charge in [0.05, 0.1) is 0 Å². The van der Waals surface area contributed by atoms with Gasteiger partial charge in [0.25, 0.3) is 0 Å². The van der Waals surface area contributed by atoms with E-state index in [0.29, 0.717) is 0 Å². The largest absolute Gasteiger partial charge is 0.144 e. The van der Waals surface area contributed by atoms with Gasteiger partial charge >= 0.3 is 0 Å². The van der Waals surface area contributed by atoms with Crippen LogP contribution in [0.3, 0.4) is 0 Å². The second-order valence-corrected chi connectivity index (χ2v) is 16.3. The van der Waals surface area contributed by atoms with Crippen molar-refractivity contribution in [1.29, 1.82) is 0 Å². The first-order valence-corrected chi connectivity index (χ1v) is 20.8. The quantitative estimate of drug-likeness (QED) is 0.149. The Hall–Kier alpha value is -6.58. The van der Waals surface area contributed by atoms with Crippen molar-refractivity contribution in [3.05, 3.63) is 205 Å². The Labute approximate surface area is 334 Å². The van der Waals surface area contributed by atoms with Crippen molar-refractivity contribution in [1.82, 2.24) is 0 Å². The summed E-state index contributed by atoms with van der Waals surface area (Å²) in [6, 6.07) is 71.9. The molecule has 0 fully saturated rings. The maximum atomic E-state index is 2.45. The maximum Gasteiger partial charge on any atom is 0.0348 e. The minimum atomic E-state index is 1.22. The third-order valence-electron chi connectivity index (χ3n) is 11.3. The van der Waals surface area contributed by atoms with Crippen molar-refractivity contribution in [2.24, 2.45) is 0 Å². The molecule has 56 heavy (non-hydrogen) atoms. The van der Waals surface area contributed by atoms with Gasteiger partial charge in [0.1, 0.15) is 0 Å². The summed E-state index contributed by atoms with van der Waals surface area (Å²) in [5.41, 5.74) is 12.5. The van der Waals surface area contributed by atoms with Crippen LogP contribution in [0.25, 0.3) is 108 Å². The fourth-order valence-electron chi connectivity index (χ4n) is 8.79. The molecule has 2 aromatic heterocycles. The van der Waals surface area contributed by atoms with Crippen LogP contribution in [-0.2, 0) is 0 Å². The van der Waals surface area contributed by atoms with Crippen LogP contribution in [0.5, 0.6) is 0 Å². The van der Waals surface area contributed by atoms with E-state index < -0.39 is 0 Å². The zero-order valence-corrected chi connectivity index (χ0v) is 32.1. The van der Waals surface area contributed by atoms with Crippen LogP contribution in [0.2, 0.25) is 0 Å². The highest BCUT2D eigenvalue weighted by atomic mass is 32.1. The van der Waals surface area contributed by atoms with Gasteiger partial charge in [-0.2, -0.15) is 0 Å². The molecule has 0 aliphatic rings. The van der Waals surface area contributed by atoms with Gasteiger partial charge in [-0.1, -0.05) is 170 Å². The average molecular weight is 747 g/mol. The number of fused-ring (bicyclic) bond motifs is 4. The van der Waals surface area contributed by atoms with Crippen LogP contribution in [0.4, 0.5) is 0 Å². The summed E-state index contributed by atoms with van der Waals surface area (Å²) in [5, 5.41) is 14.4. The Morgan fingerprint density at radius 2 is 0.607 bits per heavy atom. The highest BCUT2D eigenvalue weighted by molar-refractivity contribution is 7.14. The Balaban J connectivity index is 1.22. The van der Waals surface area contributed by atoms with Crippen molar-refractivity contribution in [3.8, 4) is 65.4 Å². The van der Waals surface area contributed by atoms with Gasteiger partial charge < -0.3 is 0 Å². The first-order valence-electron chi connectivity index (χ1n) is 19.1. The Kier molecular flexibility index (Phi) is 7.98. The Morgan fingerprint density at radius 3 is 1.02 bits per heavy atom. The highest BCUT2D eigenvalue weighted by Crippen LogP contribution is 2.47. The molecule has 0 N–H and O–H groups in total. The molecule has 2 heteroatoms. The zero-order valence-electron chi connectivity index (χ0n) is 30.4. The first kappa shape index (κ1) is 32.8.